The summed E-state index contributed by atoms with van der Waals surface area (Å²) in [4.78, 5) is 36.0. The molecule has 0 aliphatic carbocycles. The quantitative estimate of drug-likeness (QED) is 0.608. The fourth-order valence-electron chi connectivity index (χ4n) is 3.61. The van der Waals surface area contributed by atoms with E-state index >= 15 is 4.39 Å². The number of benzene rings is 2. The van der Waals surface area contributed by atoms with Crippen molar-refractivity contribution in [3.8, 4) is 11.1 Å². The van der Waals surface area contributed by atoms with Crippen molar-refractivity contribution in [3.63, 3.8) is 0 Å². The van der Waals surface area contributed by atoms with Crippen molar-refractivity contribution in [1.29, 1.82) is 0 Å². The Morgan fingerprint density at radius 1 is 1.16 bits per heavy atom. The molecule has 1 fully saturated rings. The molecular formula is C23H27FN4O4. The number of nitrogens with zero attached hydrogens (tertiary/aromatic N) is 1. The highest BCUT2D eigenvalue weighted by molar-refractivity contribution is 5.90. The van der Waals surface area contributed by atoms with Crippen LogP contribution in [0.4, 0.5) is 14.9 Å². The zero-order chi connectivity index (χ0) is 23.4. The van der Waals surface area contributed by atoms with Crippen LogP contribution in [-0.4, -0.2) is 43.6 Å². The summed E-state index contributed by atoms with van der Waals surface area (Å²) in [6, 6.07) is 8.41. The van der Waals surface area contributed by atoms with Crippen LogP contribution in [0.3, 0.4) is 0 Å². The molecule has 170 valence electrons. The third-order valence-electron chi connectivity index (χ3n) is 5.35. The minimum absolute atomic E-state index is 0.0772. The molecule has 0 bridgehead atoms. The molecular weight excluding hydrogens is 415 g/mol. The molecule has 1 atom stereocenters. The number of hydrogen-bond acceptors (Lipinski definition) is 5. The maximum absolute atomic E-state index is 15.1. The van der Waals surface area contributed by atoms with E-state index in [-0.39, 0.29) is 31.4 Å². The summed E-state index contributed by atoms with van der Waals surface area (Å²) in [5.41, 5.74) is 9.54. The van der Waals surface area contributed by atoms with E-state index in [4.69, 9.17) is 10.5 Å². The Labute approximate surface area is 185 Å². The van der Waals surface area contributed by atoms with Crippen LogP contribution in [0.1, 0.15) is 23.6 Å². The summed E-state index contributed by atoms with van der Waals surface area (Å²) in [5.74, 6) is -0.923. The van der Waals surface area contributed by atoms with Crippen LogP contribution in [0, 0.1) is 19.7 Å². The molecule has 0 spiro atoms. The molecule has 1 aliphatic heterocycles. The highest BCUT2D eigenvalue weighted by atomic mass is 19.1. The van der Waals surface area contributed by atoms with Crippen LogP contribution in [-0.2, 0) is 20.9 Å². The van der Waals surface area contributed by atoms with Crippen LogP contribution in [0.5, 0.6) is 0 Å². The lowest BCUT2D eigenvalue weighted by Gasteiger charge is -2.17. The largest absolute Gasteiger partial charge is 0.442 e. The molecule has 9 heteroatoms. The number of carbonyl (C=O) groups excluding carboxylic acids is 3. The van der Waals surface area contributed by atoms with Crippen LogP contribution in [0.25, 0.3) is 11.1 Å². The second-order valence-electron chi connectivity index (χ2n) is 7.79. The number of ether oxygens (including phenoxy) is 1. The van der Waals surface area contributed by atoms with Gasteiger partial charge in [0.05, 0.1) is 25.3 Å². The SMILES string of the molecule is CC(=O)NC[C@H]1CN(c2ccc(-c3cc(C)c(CNC(=O)CN)cc3C)c(F)c2)C(=O)O1. The van der Waals surface area contributed by atoms with Gasteiger partial charge in [0.1, 0.15) is 11.9 Å². The molecule has 4 N–H and O–H groups in total. The van der Waals surface area contributed by atoms with Crippen LogP contribution in [0.15, 0.2) is 30.3 Å². The van der Waals surface area contributed by atoms with E-state index in [9.17, 15) is 14.4 Å². The van der Waals surface area contributed by atoms with Gasteiger partial charge in [0.15, 0.2) is 0 Å². The number of anilines is 1. The number of hydrogen-bond donors (Lipinski definition) is 3. The van der Waals surface area contributed by atoms with Crippen molar-refractivity contribution < 1.29 is 23.5 Å². The molecule has 3 amide bonds. The van der Waals surface area contributed by atoms with Crippen molar-refractivity contribution in [2.24, 2.45) is 5.73 Å². The smallest absolute Gasteiger partial charge is 0.414 e. The molecule has 0 aromatic heterocycles. The molecule has 2 aromatic rings. The zero-order valence-electron chi connectivity index (χ0n) is 18.3. The fraction of sp³-hybridized carbons (Fsp3) is 0.348. The molecule has 0 radical (unpaired) electrons. The molecule has 8 nitrogen and oxygen atoms in total. The lowest BCUT2D eigenvalue weighted by Crippen LogP contribution is -2.33. The van der Waals surface area contributed by atoms with E-state index in [0.29, 0.717) is 17.8 Å². The zero-order valence-corrected chi connectivity index (χ0v) is 18.3. The van der Waals surface area contributed by atoms with Gasteiger partial charge in [-0.25, -0.2) is 9.18 Å². The van der Waals surface area contributed by atoms with Gasteiger partial charge in [-0.1, -0.05) is 12.1 Å². The van der Waals surface area contributed by atoms with Crippen LogP contribution < -0.4 is 21.3 Å². The third kappa shape index (κ3) is 5.23. The first-order valence-corrected chi connectivity index (χ1v) is 10.3. The van der Waals surface area contributed by atoms with Gasteiger partial charge in [-0.3, -0.25) is 14.5 Å². The predicted molar refractivity (Wildman–Crippen MR) is 119 cm³/mol. The summed E-state index contributed by atoms with van der Waals surface area (Å²) in [6.45, 7) is 5.85. The summed E-state index contributed by atoms with van der Waals surface area (Å²) >= 11 is 0. The Morgan fingerprint density at radius 3 is 2.56 bits per heavy atom. The average Bonchev–Trinajstić information content (AvgIpc) is 3.13. The first kappa shape index (κ1) is 23.2. The van der Waals surface area contributed by atoms with Gasteiger partial charge >= 0.3 is 6.09 Å². The third-order valence-corrected chi connectivity index (χ3v) is 5.35. The maximum atomic E-state index is 15.1. The number of nitrogens with one attached hydrogen (secondary N) is 2. The molecule has 3 rings (SSSR count). The highest BCUT2D eigenvalue weighted by Gasteiger charge is 2.32. The lowest BCUT2D eigenvalue weighted by atomic mass is 9.94. The van der Waals surface area contributed by atoms with Crippen molar-refractivity contribution in [2.45, 2.75) is 33.4 Å². The Kier molecular flexibility index (Phi) is 7.09. The monoisotopic (exact) mass is 442 g/mol. The normalized spacial score (nSPS) is 15.5. The van der Waals surface area contributed by atoms with E-state index in [1.54, 1.807) is 12.1 Å². The van der Waals surface area contributed by atoms with Crippen molar-refractivity contribution in [3.05, 3.63) is 52.8 Å². The fourth-order valence-corrected chi connectivity index (χ4v) is 3.61. The predicted octanol–water partition coefficient (Wildman–Crippen LogP) is 2.15. The standard InChI is InChI=1S/C23H27FN4O4/c1-13-7-20(14(2)6-16(13)10-27-22(30)9-25)19-5-4-17(8-21(19)24)28-12-18(32-23(28)31)11-26-15(3)29/h4-8,18H,9-12,25H2,1-3H3,(H,26,29)(H,27,30)/t18-/m0/s1. The summed E-state index contributed by atoms with van der Waals surface area (Å²) in [7, 11) is 0. The first-order chi connectivity index (χ1) is 15.2. The molecule has 0 saturated carbocycles. The minimum Gasteiger partial charge on any atom is -0.442 e. The minimum atomic E-state index is -0.580. The van der Waals surface area contributed by atoms with Crippen LogP contribution in [0.2, 0.25) is 0 Å². The Bertz CT molecular complexity index is 1060. The summed E-state index contributed by atoms with van der Waals surface area (Å²) < 4.78 is 20.3. The van der Waals surface area contributed by atoms with E-state index in [2.05, 4.69) is 10.6 Å². The number of nitrogens with two attached hydrogens (primary N) is 1. The highest BCUT2D eigenvalue weighted by Crippen LogP contribution is 2.32. The molecule has 0 unspecified atom stereocenters. The van der Waals surface area contributed by atoms with Crippen molar-refractivity contribution >= 4 is 23.6 Å². The summed E-state index contributed by atoms with van der Waals surface area (Å²) in [5, 5.41) is 5.35. The van der Waals surface area contributed by atoms with Gasteiger partial charge in [0.25, 0.3) is 0 Å². The van der Waals surface area contributed by atoms with Crippen molar-refractivity contribution in [2.75, 3.05) is 24.5 Å². The second kappa shape index (κ2) is 9.78. The van der Waals surface area contributed by atoms with Gasteiger partial charge in [0.2, 0.25) is 11.8 Å². The number of cyclic esters (lactones) is 1. The van der Waals surface area contributed by atoms with Gasteiger partial charge < -0.3 is 21.1 Å². The maximum Gasteiger partial charge on any atom is 0.414 e. The Balaban J connectivity index is 1.79. The molecule has 1 saturated heterocycles. The molecule has 1 heterocycles. The van der Waals surface area contributed by atoms with E-state index in [0.717, 1.165) is 22.3 Å². The Hall–Kier alpha value is -3.46. The topological polar surface area (TPSA) is 114 Å². The van der Waals surface area contributed by atoms with E-state index in [1.165, 1.54) is 17.9 Å². The summed E-state index contributed by atoms with van der Waals surface area (Å²) in [6.07, 6.45) is -1.07. The van der Waals surface area contributed by atoms with Gasteiger partial charge in [-0.15, -0.1) is 0 Å². The van der Waals surface area contributed by atoms with E-state index in [1.807, 2.05) is 26.0 Å². The average molecular weight is 442 g/mol. The molecule has 2 aromatic carbocycles. The number of rotatable bonds is 7. The lowest BCUT2D eigenvalue weighted by molar-refractivity contribution is -0.120. The number of amides is 3. The van der Waals surface area contributed by atoms with Gasteiger partial charge in [0, 0.05) is 19.0 Å². The van der Waals surface area contributed by atoms with Gasteiger partial charge in [-0.2, -0.15) is 0 Å². The van der Waals surface area contributed by atoms with Crippen molar-refractivity contribution in [1.82, 2.24) is 10.6 Å². The second-order valence-corrected chi connectivity index (χ2v) is 7.79. The number of carbonyl (C=O) groups is 3. The molecule has 1 aliphatic rings. The molecule has 32 heavy (non-hydrogen) atoms. The Morgan fingerprint density at radius 2 is 1.91 bits per heavy atom. The number of aryl methyl sites for hydroxylation is 2. The number of halogens is 1. The first-order valence-electron chi connectivity index (χ1n) is 10.3. The van der Waals surface area contributed by atoms with Gasteiger partial charge in [-0.05, 0) is 54.3 Å². The van der Waals surface area contributed by atoms with Crippen LogP contribution >= 0.6 is 0 Å². The van der Waals surface area contributed by atoms with E-state index < -0.39 is 18.0 Å².